The maximum Gasteiger partial charge on any atom is 0.0776 e. The summed E-state index contributed by atoms with van der Waals surface area (Å²) >= 11 is 0. The summed E-state index contributed by atoms with van der Waals surface area (Å²) in [6.07, 6.45) is 0. The van der Waals surface area contributed by atoms with E-state index in [4.69, 9.17) is 0 Å². The van der Waals surface area contributed by atoms with E-state index in [1.807, 2.05) is 0 Å². The van der Waals surface area contributed by atoms with E-state index in [2.05, 4.69) is 51.7 Å². The van der Waals surface area contributed by atoms with Crippen molar-refractivity contribution in [1.82, 2.24) is 0 Å². The molecule has 0 unspecified atom stereocenters. The largest absolute Gasteiger partial charge is 0.0776 e. The molecule has 1 aromatic rings. The smallest absolute Gasteiger partial charge is 0.0656 e. The van der Waals surface area contributed by atoms with Crippen molar-refractivity contribution >= 4 is 13.3 Å². The zero-order valence-electron chi connectivity index (χ0n) is 8.73. The molecule has 0 bridgehead atoms. The molecule has 0 amide bonds. The van der Waals surface area contributed by atoms with Crippen LogP contribution in [0, 0.1) is 13.8 Å². The van der Waals surface area contributed by atoms with Crippen molar-refractivity contribution in [2.75, 3.05) is 0 Å². The molecule has 0 saturated heterocycles. The van der Waals surface area contributed by atoms with E-state index >= 15 is 0 Å². The number of rotatable bonds is 1. The normalized spacial score (nSPS) is 11.8. The molecule has 0 aromatic heterocycles. The van der Waals surface area contributed by atoms with Crippen molar-refractivity contribution in [3.8, 4) is 0 Å². The third kappa shape index (κ3) is 2.21. The summed E-state index contributed by atoms with van der Waals surface area (Å²) in [4.78, 5) is 0. The minimum atomic E-state index is -1.10. The van der Waals surface area contributed by atoms with Gasteiger partial charge in [0.05, 0.1) is 8.07 Å². The molecule has 1 rings (SSSR count). The number of aryl methyl sites for hydroxylation is 2. The monoisotopic (exact) mass is 178 g/mol. The van der Waals surface area contributed by atoms with Gasteiger partial charge < -0.3 is 0 Å². The molecule has 0 spiro atoms. The van der Waals surface area contributed by atoms with E-state index in [0.29, 0.717) is 0 Å². The minimum Gasteiger partial charge on any atom is -0.0656 e. The molecule has 0 aliphatic carbocycles. The molecule has 0 fully saturated rings. The van der Waals surface area contributed by atoms with Crippen molar-refractivity contribution in [2.45, 2.75) is 33.5 Å². The zero-order chi connectivity index (χ0) is 9.35. The molecule has 12 heavy (non-hydrogen) atoms. The van der Waals surface area contributed by atoms with Crippen LogP contribution in [-0.2, 0) is 0 Å². The lowest BCUT2D eigenvalue weighted by Gasteiger charge is -2.17. The Bertz CT molecular complexity index is 261. The second-order valence-electron chi connectivity index (χ2n) is 4.63. The van der Waals surface area contributed by atoms with Gasteiger partial charge in [0.1, 0.15) is 0 Å². The van der Waals surface area contributed by atoms with Gasteiger partial charge >= 0.3 is 0 Å². The molecular formula is C11H18Si. The van der Waals surface area contributed by atoms with Gasteiger partial charge in [0, 0.05) is 0 Å². The van der Waals surface area contributed by atoms with Gasteiger partial charge in [0.2, 0.25) is 0 Å². The summed E-state index contributed by atoms with van der Waals surface area (Å²) in [6.45, 7) is 11.5. The summed E-state index contributed by atoms with van der Waals surface area (Å²) in [5.41, 5.74) is 2.79. The first-order valence-corrected chi connectivity index (χ1v) is 7.98. The van der Waals surface area contributed by atoms with Gasteiger partial charge in [0.25, 0.3) is 0 Å². The average molecular weight is 178 g/mol. The predicted molar refractivity (Wildman–Crippen MR) is 58.9 cm³/mol. The average Bonchev–Trinajstić information content (AvgIpc) is 1.82. The molecule has 1 aromatic carbocycles. The van der Waals surface area contributed by atoms with Gasteiger partial charge in [-0.2, -0.15) is 0 Å². The van der Waals surface area contributed by atoms with Gasteiger partial charge in [-0.1, -0.05) is 54.2 Å². The quantitative estimate of drug-likeness (QED) is 0.580. The molecule has 0 nitrogen and oxygen atoms in total. The zero-order valence-corrected chi connectivity index (χ0v) is 9.73. The van der Waals surface area contributed by atoms with Crippen molar-refractivity contribution in [3.05, 3.63) is 29.3 Å². The molecule has 1 heteroatoms. The standard InChI is InChI=1S/C11H18Si/c1-9-6-10(2)8-11(7-9)12(3,4)5/h6-8H,1-5H3. The van der Waals surface area contributed by atoms with Crippen molar-refractivity contribution in [1.29, 1.82) is 0 Å². The second-order valence-corrected chi connectivity index (χ2v) is 9.70. The highest BCUT2D eigenvalue weighted by Crippen LogP contribution is 2.07. The summed E-state index contributed by atoms with van der Waals surface area (Å²) in [5.74, 6) is 0. The van der Waals surface area contributed by atoms with Crippen LogP contribution in [0.1, 0.15) is 11.1 Å². The van der Waals surface area contributed by atoms with Gasteiger partial charge in [-0.3, -0.25) is 0 Å². The van der Waals surface area contributed by atoms with Crippen LogP contribution in [0.2, 0.25) is 19.6 Å². The van der Waals surface area contributed by atoms with E-state index < -0.39 is 8.07 Å². The van der Waals surface area contributed by atoms with E-state index in [1.165, 1.54) is 11.1 Å². The minimum absolute atomic E-state index is 1.10. The lowest BCUT2D eigenvalue weighted by atomic mass is 10.2. The fourth-order valence-corrected chi connectivity index (χ4v) is 2.73. The first-order valence-electron chi connectivity index (χ1n) is 4.48. The van der Waals surface area contributed by atoms with E-state index in [9.17, 15) is 0 Å². The molecule has 0 radical (unpaired) electrons. The molecule has 0 N–H and O–H groups in total. The number of hydrogen-bond donors (Lipinski definition) is 0. The highest BCUT2D eigenvalue weighted by atomic mass is 28.3. The highest BCUT2D eigenvalue weighted by Gasteiger charge is 2.16. The first kappa shape index (κ1) is 9.52. The van der Waals surface area contributed by atoms with Crippen molar-refractivity contribution in [3.63, 3.8) is 0 Å². The summed E-state index contributed by atoms with van der Waals surface area (Å²) in [6, 6.07) is 6.90. The van der Waals surface area contributed by atoms with Crippen LogP contribution in [-0.4, -0.2) is 8.07 Å². The van der Waals surface area contributed by atoms with Crippen molar-refractivity contribution in [2.24, 2.45) is 0 Å². The molecular weight excluding hydrogens is 160 g/mol. The van der Waals surface area contributed by atoms with E-state index in [0.717, 1.165) is 0 Å². The van der Waals surface area contributed by atoms with E-state index in [-0.39, 0.29) is 0 Å². The van der Waals surface area contributed by atoms with Crippen LogP contribution in [0.3, 0.4) is 0 Å². The molecule has 0 aliphatic rings. The molecule has 0 aliphatic heterocycles. The Hall–Kier alpha value is -0.563. The Kier molecular flexibility index (Phi) is 2.43. The Morgan fingerprint density at radius 2 is 1.25 bits per heavy atom. The predicted octanol–water partition coefficient (Wildman–Crippen LogP) is 2.85. The Labute approximate surface area is 76.6 Å². The van der Waals surface area contributed by atoms with Gasteiger partial charge in [-0.25, -0.2) is 0 Å². The maximum absolute atomic E-state index is 2.39. The lowest BCUT2D eigenvalue weighted by molar-refractivity contribution is 1.40. The van der Waals surface area contributed by atoms with Crippen molar-refractivity contribution < 1.29 is 0 Å². The highest BCUT2D eigenvalue weighted by molar-refractivity contribution is 6.88. The van der Waals surface area contributed by atoms with Crippen LogP contribution in [0.5, 0.6) is 0 Å². The molecule has 0 atom stereocenters. The van der Waals surface area contributed by atoms with Gasteiger partial charge in [0.15, 0.2) is 0 Å². The SMILES string of the molecule is Cc1cc(C)cc([Si](C)(C)C)c1. The van der Waals surface area contributed by atoms with E-state index in [1.54, 1.807) is 5.19 Å². The third-order valence-corrected chi connectivity index (χ3v) is 4.11. The Balaban J connectivity index is 3.18. The Morgan fingerprint density at radius 1 is 0.833 bits per heavy atom. The second kappa shape index (κ2) is 3.06. The maximum atomic E-state index is 2.39. The van der Waals surface area contributed by atoms with Crippen LogP contribution < -0.4 is 5.19 Å². The van der Waals surface area contributed by atoms with Crippen LogP contribution in [0.25, 0.3) is 0 Å². The van der Waals surface area contributed by atoms with Crippen LogP contribution >= 0.6 is 0 Å². The number of benzene rings is 1. The summed E-state index contributed by atoms with van der Waals surface area (Å²) in [7, 11) is -1.10. The van der Waals surface area contributed by atoms with Gasteiger partial charge in [-0.15, -0.1) is 0 Å². The molecule has 0 saturated carbocycles. The fourth-order valence-electron chi connectivity index (χ4n) is 1.41. The first-order chi connectivity index (χ1) is 5.39. The lowest BCUT2D eigenvalue weighted by Crippen LogP contribution is -2.37. The third-order valence-electron chi connectivity index (χ3n) is 2.09. The summed E-state index contributed by atoms with van der Waals surface area (Å²) in [5, 5.41) is 1.57. The number of hydrogen-bond acceptors (Lipinski definition) is 0. The fraction of sp³-hybridized carbons (Fsp3) is 0.455. The summed E-state index contributed by atoms with van der Waals surface area (Å²) < 4.78 is 0. The van der Waals surface area contributed by atoms with Gasteiger partial charge in [-0.05, 0) is 13.8 Å². The Morgan fingerprint density at radius 3 is 1.58 bits per heavy atom. The topological polar surface area (TPSA) is 0 Å². The molecule has 66 valence electrons. The van der Waals surface area contributed by atoms with Crippen LogP contribution in [0.15, 0.2) is 18.2 Å². The molecule has 0 heterocycles. The van der Waals surface area contributed by atoms with Crippen LogP contribution in [0.4, 0.5) is 0 Å².